The number of halogens is 2. The van der Waals surface area contributed by atoms with Crippen LogP contribution in [0.2, 0.25) is 0 Å². The maximum atomic E-state index is 12.4. The van der Waals surface area contributed by atoms with E-state index in [0.29, 0.717) is 11.3 Å². The van der Waals surface area contributed by atoms with Crippen molar-refractivity contribution in [2.75, 3.05) is 7.11 Å². The molecule has 0 aliphatic rings. The summed E-state index contributed by atoms with van der Waals surface area (Å²) in [7, 11) is -1.46. The summed E-state index contributed by atoms with van der Waals surface area (Å²) in [5.41, 5.74) is 1.21. The summed E-state index contributed by atoms with van der Waals surface area (Å²) in [6.07, 6.45) is 0. The molecule has 0 atom stereocenters. The number of hydrogen-bond donors (Lipinski definition) is 0. The van der Waals surface area contributed by atoms with Gasteiger partial charge in [0.1, 0.15) is 11.5 Å². The molecule has 0 aliphatic carbocycles. The number of rotatable bonds is 5. The summed E-state index contributed by atoms with van der Waals surface area (Å²) in [5.74, 6) is 0.110. The number of ketones is 1. The van der Waals surface area contributed by atoms with Crippen LogP contribution in [-0.4, -0.2) is 20.4 Å². The lowest BCUT2D eigenvalue weighted by Crippen LogP contribution is -2.13. The Morgan fingerprint density at radius 1 is 1.10 bits per heavy atom. The van der Waals surface area contributed by atoms with Gasteiger partial charge >= 0.3 is 7.47 Å². The van der Waals surface area contributed by atoms with Crippen LogP contribution in [-0.2, 0) is 0 Å². The first-order valence-electron chi connectivity index (χ1n) is 6.25. The van der Waals surface area contributed by atoms with E-state index in [1.807, 2.05) is 0 Å². The Morgan fingerprint density at radius 3 is 2.33 bits per heavy atom. The third-order valence-corrected chi connectivity index (χ3v) is 2.95. The fraction of sp³-hybridized carbons (Fsp3) is 0.133. The molecule has 21 heavy (non-hydrogen) atoms. The molecule has 0 fully saturated rings. The van der Waals surface area contributed by atoms with Gasteiger partial charge in [-0.3, -0.25) is 4.79 Å². The van der Waals surface area contributed by atoms with E-state index >= 15 is 0 Å². The van der Waals surface area contributed by atoms with Crippen molar-refractivity contribution in [2.24, 2.45) is 0 Å². The van der Waals surface area contributed by atoms with E-state index < -0.39 is 7.47 Å². The Morgan fingerprint density at radius 2 is 1.76 bits per heavy atom. The number of methoxy groups -OCH3 is 1. The van der Waals surface area contributed by atoms with Crippen molar-refractivity contribution >= 4 is 13.3 Å². The summed E-state index contributed by atoms with van der Waals surface area (Å²) >= 11 is 0. The van der Waals surface area contributed by atoms with Crippen LogP contribution in [0.3, 0.4) is 0 Å². The predicted molar refractivity (Wildman–Crippen MR) is 76.2 cm³/mol. The lowest BCUT2D eigenvalue weighted by molar-refractivity contribution is 0.103. The molecule has 0 unspecified atom stereocenters. The molecule has 0 aromatic heterocycles. The number of benzene rings is 2. The highest BCUT2D eigenvalue weighted by Crippen LogP contribution is 2.25. The minimum Gasteiger partial charge on any atom is -0.505 e. The highest BCUT2D eigenvalue weighted by molar-refractivity contribution is 6.35. The molecule has 108 valence electrons. The minimum atomic E-state index is -2.98. The maximum Gasteiger partial charge on any atom is 0.796 e. The van der Waals surface area contributed by atoms with Crippen molar-refractivity contribution in [3.05, 3.63) is 59.2 Å². The van der Waals surface area contributed by atoms with Gasteiger partial charge in [0, 0.05) is 5.56 Å². The largest absolute Gasteiger partial charge is 0.796 e. The van der Waals surface area contributed by atoms with Crippen molar-refractivity contribution < 1.29 is 22.8 Å². The molecule has 6 heteroatoms. The highest BCUT2D eigenvalue weighted by atomic mass is 19.2. The van der Waals surface area contributed by atoms with Crippen LogP contribution < -0.4 is 9.39 Å². The zero-order valence-corrected chi connectivity index (χ0v) is 11.6. The first kappa shape index (κ1) is 15.0. The van der Waals surface area contributed by atoms with Gasteiger partial charge in [0.2, 0.25) is 0 Å². The fourth-order valence-electron chi connectivity index (χ4n) is 1.91. The van der Waals surface area contributed by atoms with Gasteiger partial charge in [0.15, 0.2) is 5.78 Å². The predicted octanol–water partition coefficient (Wildman–Crippen LogP) is 3.54. The standard InChI is InChI=1S/C15H13BF2O3/c1-10-3-8-13(14(9-10)21-16(17)18)15(19)11-4-6-12(20-2)7-5-11/h3-9H,1-2H3. The van der Waals surface area contributed by atoms with Crippen LogP contribution in [0.4, 0.5) is 8.63 Å². The smallest absolute Gasteiger partial charge is 0.505 e. The van der Waals surface area contributed by atoms with Crippen LogP contribution in [0.1, 0.15) is 21.5 Å². The molecule has 0 saturated carbocycles. The first-order chi connectivity index (χ1) is 10.0. The lowest BCUT2D eigenvalue weighted by atomic mass is 10.0. The third-order valence-electron chi connectivity index (χ3n) is 2.95. The summed E-state index contributed by atoms with van der Waals surface area (Å²) in [6.45, 7) is 1.74. The molecule has 2 aromatic rings. The Balaban J connectivity index is 2.37. The molecule has 3 nitrogen and oxygen atoms in total. The zero-order valence-electron chi connectivity index (χ0n) is 11.6. The topological polar surface area (TPSA) is 35.5 Å². The molecular formula is C15H13BF2O3. The van der Waals surface area contributed by atoms with E-state index in [2.05, 4.69) is 4.65 Å². The quantitative estimate of drug-likeness (QED) is 0.624. The number of hydrogen-bond acceptors (Lipinski definition) is 3. The normalized spacial score (nSPS) is 10.1. The molecule has 0 spiro atoms. The molecule has 0 saturated heterocycles. The van der Waals surface area contributed by atoms with E-state index in [9.17, 15) is 13.4 Å². The summed E-state index contributed by atoms with van der Waals surface area (Å²) in [6, 6.07) is 11.0. The minimum absolute atomic E-state index is 0.103. The average molecular weight is 290 g/mol. The average Bonchev–Trinajstić information content (AvgIpc) is 2.46. The van der Waals surface area contributed by atoms with E-state index in [1.165, 1.54) is 19.2 Å². The third kappa shape index (κ3) is 3.59. The van der Waals surface area contributed by atoms with Gasteiger partial charge in [-0.15, -0.1) is 0 Å². The van der Waals surface area contributed by atoms with Gasteiger partial charge in [-0.2, -0.15) is 0 Å². The van der Waals surface area contributed by atoms with E-state index in [1.54, 1.807) is 37.3 Å². The maximum absolute atomic E-state index is 12.4. The molecule has 2 rings (SSSR count). The van der Waals surface area contributed by atoms with Gasteiger partial charge in [-0.1, -0.05) is 6.07 Å². The Hall–Kier alpha value is -2.37. The Bertz CT molecular complexity index is 642. The second kappa shape index (κ2) is 6.39. The molecule has 0 bridgehead atoms. The van der Waals surface area contributed by atoms with Crippen molar-refractivity contribution in [3.63, 3.8) is 0 Å². The number of carbonyl (C=O) groups is 1. The molecule has 0 heterocycles. The van der Waals surface area contributed by atoms with Crippen molar-refractivity contribution in [1.29, 1.82) is 0 Å². The molecule has 0 N–H and O–H groups in total. The molecule has 0 radical (unpaired) electrons. The van der Waals surface area contributed by atoms with Crippen LogP contribution in [0.15, 0.2) is 42.5 Å². The fourth-order valence-corrected chi connectivity index (χ4v) is 1.91. The van der Waals surface area contributed by atoms with E-state index in [-0.39, 0.29) is 17.1 Å². The Kier molecular flexibility index (Phi) is 4.57. The monoisotopic (exact) mass is 290 g/mol. The summed E-state index contributed by atoms with van der Waals surface area (Å²) in [4.78, 5) is 12.4. The molecule has 2 aromatic carbocycles. The van der Waals surface area contributed by atoms with Crippen molar-refractivity contribution in [3.8, 4) is 11.5 Å². The molecular weight excluding hydrogens is 277 g/mol. The number of aryl methyl sites for hydroxylation is 1. The van der Waals surface area contributed by atoms with E-state index in [0.717, 1.165) is 5.56 Å². The van der Waals surface area contributed by atoms with E-state index in [4.69, 9.17) is 4.74 Å². The molecule has 0 aliphatic heterocycles. The number of carbonyl (C=O) groups excluding carboxylic acids is 1. The summed E-state index contributed by atoms with van der Waals surface area (Å²) < 4.78 is 34.3. The van der Waals surface area contributed by atoms with Crippen molar-refractivity contribution in [2.45, 2.75) is 6.92 Å². The van der Waals surface area contributed by atoms with Gasteiger partial charge in [-0.05, 0) is 48.9 Å². The van der Waals surface area contributed by atoms with Crippen LogP contribution in [0.5, 0.6) is 11.5 Å². The second-order valence-electron chi connectivity index (χ2n) is 4.44. The second-order valence-corrected chi connectivity index (χ2v) is 4.44. The van der Waals surface area contributed by atoms with Crippen LogP contribution in [0.25, 0.3) is 0 Å². The van der Waals surface area contributed by atoms with Gasteiger partial charge in [0.25, 0.3) is 0 Å². The molecule has 0 amide bonds. The highest BCUT2D eigenvalue weighted by Gasteiger charge is 2.22. The lowest BCUT2D eigenvalue weighted by Gasteiger charge is -2.10. The van der Waals surface area contributed by atoms with Crippen LogP contribution >= 0.6 is 0 Å². The number of ether oxygens (including phenoxy) is 1. The zero-order chi connectivity index (χ0) is 15.4. The SMILES string of the molecule is COc1ccc(C(=O)c2ccc(C)cc2OB(F)F)cc1. The first-order valence-corrected chi connectivity index (χ1v) is 6.25. The van der Waals surface area contributed by atoms with Crippen LogP contribution in [0, 0.1) is 6.92 Å². The van der Waals surface area contributed by atoms with Gasteiger partial charge in [-0.25, -0.2) is 8.63 Å². The van der Waals surface area contributed by atoms with Gasteiger partial charge < -0.3 is 9.39 Å². The Labute approximate surface area is 121 Å². The van der Waals surface area contributed by atoms with Gasteiger partial charge in [0.05, 0.1) is 12.7 Å². The van der Waals surface area contributed by atoms with Crippen molar-refractivity contribution in [1.82, 2.24) is 0 Å². The summed E-state index contributed by atoms with van der Waals surface area (Å²) in [5, 5.41) is 0.